The molecule has 0 saturated heterocycles. The fourth-order valence-electron chi connectivity index (χ4n) is 1.10. The van der Waals surface area contributed by atoms with Crippen LogP contribution in [0, 0.1) is 0 Å². The van der Waals surface area contributed by atoms with Gasteiger partial charge in [0, 0.05) is 0 Å². The van der Waals surface area contributed by atoms with E-state index < -0.39 is 0 Å². The van der Waals surface area contributed by atoms with E-state index in [1.165, 1.54) is 32.1 Å². The first kappa shape index (κ1) is 9.74. The van der Waals surface area contributed by atoms with Gasteiger partial charge in [0.2, 0.25) is 0 Å². The normalized spacial score (nSPS) is 12.1. The lowest BCUT2D eigenvalue weighted by Crippen LogP contribution is -1.77. The number of allylic oxidation sites excluding steroid dienone is 2. The summed E-state index contributed by atoms with van der Waals surface area (Å²) in [7, 11) is 0. The van der Waals surface area contributed by atoms with Crippen LogP contribution in [0.2, 0.25) is 0 Å². The van der Waals surface area contributed by atoms with Crippen molar-refractivity contribution >= 4 is 0 Å². The van der Waals surface area contributed by atoms with E-state index in [4.69, 9.17) is 0 Å². The standard InChI is InChI=1S/C10H20/c1-4-6-7-9-10(3)8-5-2/h8H,4-7,9H2,1-3H3/b10-8+. The Balaban J connectivity index is 3.21. The van der Waals surface area contributed by atoms with Gasteiger partial charge in [-0.25, -0.2) is 0 Å². The van der Waals surface area contributed by atoms with Crippen LogP contribution >= 0.6 is 0 Å². The fraction of sp³-hybridized carbons (Fsp3) is 0.800. The third-order valence-corrected chi connectivity index (χ3v) is 1.73. The van der Waals surface area contributed by atoms with Crippen molar-refractivity contribution < 1.29 is 0 Å². The average molecular weight is 140 g/mol. The zero-order valence-corrected chi connectivity index (χ0v) is 7.61. The van der Waals surface area contributed by atoms with Gasteiger partial charge in [0.1, 0.15) is 0 Å². The smallest absolute Gasteiger partial charge is 0.0323 e. The predicted molar refractivity (Wildman–Crippen MR) is 48.2 cm³/mol. The molecular weight excluding hydrogens is 120 g/mol. The lowest BCUT2D eigenvalue weighted by Gasteiger charge is -1.98. The van der Waals surface area contributed by atoms with Crippen molar-refractivity contribution in [2.45, 2.75) is 52.9 Å². The van der Waals surface area contributed by atoms with E-state index in [9.17, 15) is 0 Å². The molecule has 0 aromatic carbocycles. The maximum absolute atomic E-state index is 2.33. The summed E-state index contributed by atoms with van der Waals surface area (Å²) >= 11 is 0. The van der Waals surface area contributed by atoms with Crippen molar-refractivity contribution in [3.05, 3.63) is 11.6 Å². The molecular formula is C10H20. The molecule has 0 aromatic rings. The van der Waals surface area contributed by atoms with Crippen molar-refractivity contribution in [3.63, 3.8) is 0 Å². The van der Waals surface area contributed by atoms with E-state index in [1.54, 1.807) is 5.57 Å². The van der Waals surface area contributed by atoms with Crippen molar-refractivity contribution in [1.29, 1.82) is 0 Å². The van der Waals surface area contributed by atoms with E-state index >= 15 is 0 Å². The molecule has 0 aliphatic rings. The van der Waals surface area contributed by atoms with Gasteiger partial charge in [-0.2, -0.15) is 0 Å². The van der Waals surface area contributed by atoms with Gasteiger partial charge in [-0.3, -0.25) is 0 Å². The molecule has 60 valence electrons. The summed E-state index contributed by atoms with van der Waals surface area (Å²) in [5.41, 5.74) is 1.57. The molecule has 0 aliphatic heterocycles. The quantitative estimate of drug-likeness (QED) is 0.401. The van der Waals surface area contributed by atoms with Crippen LogP contribution in [0.15, 0.2) is 11.6 Å². The maximum atomic E-state index is 2.33. The number of hydrogen-bond donors (Lipinski definition) is 0. The first-order chi connectivity index (χ1) is 4.81. The van der Waals surface area contributed by atoms with Crippen LogP contribution in [-0.4, -0.2) is 0 Å². The minimum absolute atomic E-state index is 1.19. The minimum Gasteiger partial charge on any atom is -0.0859 e. The molecule has 0 spiro atoms. The van der Waals surface area contributed by atoms with Crippen LogP contribution in [0.25, 0.3) is 0 Å². The largest absolute Gasteiger partial charge is 0.0859 e. The second kappa shape index (κ2) is 6.85. The summed E-state index contributed by atoms with van der Waals surface area (Å²) in [5.74, 6) is 0. The molecule has 10 heavy (non-hydrogen) atoms. The van der Waals surface area contributed by atoms with E-state index in [2.05, 4.69) is 26.8 Å². The molecule has 0 unspecified atom stereocenters. The maximum Gasteiger partial charge on any atom is -0.0323 e. The van der Waals surface area contributed by atoms with E-state index in [1.807, 2.05) is 0 Å². The summed E-state index contributed by atoms with van der Waals surface area (Å²) in [6.45, 7) is 6.68. The number of unbranched alkanes of at least 4 members (excludes halogenated alkanes) is 2. The Bertz CT molecular complexity index is 90.2. The lowest BCUT2D eigenvalue weighted by atomic mass is 10.1. The van der Waals surface area contributed by atoms with Crippen LogP contribution < -0.4 is 0 Å². The predicted octanol–water partition coefficient (Wildman–Crippen LogP) is 3.92. The summed E-state index contributed by atoms with van der Waals surface area (Å²) in [4.78, 5) is 0. The summed E-state index contributed by atoms with van der Waals surface area (Å²) in [5, 5.41) is 0. The van der Waals surface area contributed by atoms with E-state index in [0.717, 1.165) is 0 Å². The highest BCUT2D eigenvalue weighted by Crippen LogP contribution is 2.08. The highest BCUT2D eigenvalue weighted by molar-refractivity contribution is 4.96. The minimum atomic E-state index is 1.19. The molecule has 0 heteroatoms. The van der Waals surface area contributed by atoms with Gasteiger partial charge in [0.25, 0.3) is 0 Å². The highest BCUT2D eigenvalue weighted by atomic mass is 13.9. The Labute approximate surface area is 65.3 Å². The van der Waals surface area contributed by atoms with Gasteiger partial charge in [0.15, 0.2) is 0 Å². The Morgan fingerprint density at radius 2 is 1.90 bits per heavy atom. The number of hydrogen-bond acceptors (Lipinski definition) is 0. The first-order valence-electron chi connectivity index (χ1n) is 4.46. The Morgan fingerprint density at radius 1 is 1.20 bits per heavy atom. The Morgan fingerprint density at radius 3 is 2.40 bits per heavy atom. The molecule has 0 radical (unpaired) electrons. The molecule has 0 rings (SSSR count). The van der Waals surface area contributed by atoms with Crippen molar-refractivity contribution in [1.82, 2.24) is 0 Å². The lowest BCUT2D eigenvalue weighted by molar-refractivity contribution is 0.711. The first-order valence-corrected chi connectivity index (χ1v) is 4.46. The van der Waals surface area contributed by atoms with Gasteiger partial charge in [0.05, 0.1) is 0 Å². The third kappa shape index (κ3) is 5.87. The summed E-state index contributed by atoms with van der Waals surface area (Å²) in [6.07, 6.45) is 8.92. The molecule has 0 amide bonds. The molecule has 0 bridgehead atoms. The molecule has 0 aliphatic carbocycles. The molecule has 0 aromatic heterocycles. The molecule has 0 saturated carbocycles. The van der Waals surface area contributed by atoms with E-state index in [0.29, 0.717) is 0 Å². The van der Waals surface area contributed by atoms with Crippen LogP contribution in [0.3, 0.4) is 0 Å². The topological polar surface area (TPSA) is 0 Å². The van der Waals surface area contributed by atoms with Gasteiger partial charge in [-0.05, 0) is 26.2 Å². The van der Waals surface area contributed by atoms with Gasteiger partial charge in [-0.15, -0.1) is 0 Å². The highest BCUT2D eigenvalue weighted by Gasteiger charge is 1.87. The van der Waals surface area contributed by atoms with Crippen molar-refractivity contribution in [3.8, 4) is 0 Å². The van der Waals surface area contributed by atoms with Crippen LogP contribution in [-0.2, 0) is 0 Å². The van der Waals surface area contributed by atoms with Gasteiger partial charge in [-0.1, -0.05) is 38.3 Å². The Kier molecular flexibility index (Phi) is 6.68. The molecule has 0 fully saturated rings. The second-order valence-electron chi connectivity index (χ2n) is 2.92. The zero-order chi connectivity index (χ0) is 7.82. The summed E-state index contributed by atoms with van der Waals surface area (Å²) in [6, 6.07) is 0. The fourth-order valence-corrected chi connectivity index (χ4v) is 1.10. The molecule has 0 N–H and O–H groups in total. The number of rotatable bonds is 5. The molecule has 0 nitrogen and oxygen atoms in total. The van der Waals surface area contributed by atoms with Crippen molar-refractivity contribution in [2.24, 2.45) is 0 Å². The van der Waals surface area contributed by atoms with Crippen LogP contribution in [0.4, 0.5) is 0 Å². The molecule has 0 heterocycles. The van der Waals surface area contributed by atoms with E-state index in [-0.39, 0.29) is 0 Å². The Hall–Kier alpha value is -0.260. The average Bonchev–Trinajstić information content (AvgIpc) is 1.89. The van der Waals surface area contributed by atoms with Gasteiger partial charge >= 0.3 is 0 Å². The van der Waals surface area contributed by atoms with Gasteiger partial charge < -0.3 is 0 Å². The van der Waals surface area contributed by atoms with Crippen molar-refractivity contribution in [2.75, 3.05) is 0 Å². The van der Waals surface area contributed by atoms with Crippen LogP contribution in [0.5, 0.6) is 0 Å². The summed E-state index contributed by atoms with van der Waals surface area (Å²) < 4.78 is 0. The monoisotopic (exact) mass is 140 g/mol. The third-order valence-electron chi connectivity index (χ3n) is 1.73. The SMILES string of the molecule is CC/C=C(\C)CCCCC. The molecule has 0 atom stereocenters. The van der Waals surface area contributed by atoms with Crippen LogP contribution in [0.1, 0.15) is 52.9 Å². The second-order valence-corrected chi connectivity index (χ2v) is 2.92. The zero-order valence-electron chi connectivity index (χ0n) is 7.61.